The fraction of sp³-hybridized carbons (Fsp3) is 0.357. The Morgan fingerprint density at radius 3 is 2.95 bits per heavy atom. The number of nitriles is 1. The van der Waals surface area contributed by atoms with E-state index in [4.69, 9.17) is 16.9 Å². The first-order valence-electron chi connectivity index (χ1n) is 6.45. The molecule has 0 radical (unpaired) electrons. The predicted octanol–water partition coefficient (Wildman–Crippen LogP) is 2.19. The van der Waals surface area contributed by atoms with Gasteiger partial charge < -0.3 is 10.2 Å². The van der Waals surface area contributed by atoms with E-state index >= 15 is 0 Å². The van der Waals surface area contributed by atoms with Crippen molar-refractivity contribution in [3.8, 4) is 6.07 Å². The zero-order valence-corrected chi connectivity index (χ0v) is 14.0. The Kier molecular flexibility index (Phi) is 5.42. The third-order valence-electron chi connectivity index (χ3n) is 3.30. The minimum absolute atomic E-state index is 0.110. The Morgan fingerprint density at radius 2 is 2.29 bits per heavy atom. The van der Waals surface area contributed by atoms with Gasteiger partial charge in [0.15, 0.2) is 0 Å². The molecule has 1 N–H and O–H groups in total. The lowest BCUT2D eigenvalue weighted by Gasteiger charge is -2.19. The molecule has 1 unspecified atom stereocenters. The van der Waals surface area contributed by atoms with Crippen molar-refractivity contribution in [2.75, 3.05) is 13.1 Å². The van der Waals surface area contributed by atoms with Gasteiger partial charge in [0.05, 0.1) is 17.6 Å². The summed E-state index contributed by atoms with van der Waals surface area (Å²) >= 11 is 8.04. The zero-order chi connectivity index (χ0) is 15.4. The molecule has 1 aromatic rings. The van der Waals surface area contributed by atoms with Crippen LogP contribution in [0.25, 0.3) is 0 Å². The number of carbonyl (C=O) groups excluding carboxylic acids is 2. The van der Waals surface area contributed by atoms with Crippen molar-refractivity contribution in [3.63, 3.8) is 0 Å². The highest BCUT2D eigenvalue weighted by Crippen LogP contribution is 2.19. The number of benzene rings is 1. The summed E-state index contributed by atoms with van der Waals surface area (Å²) in [7, 11) is 0. The summed E-state index contributed by atoms with van der Waals surface area (Å²) in [6.45, 7) is 0.461. The van der Waals surface area contributed by atoms with Crippen LogP contribution in [0.15, 0.2) is 18.2 Å². The van der Waals surface area contributed by atoms with E-state index in [0.717, 1.165) is 9.99 Å². The standard InChI is InChI=1S/C14H13ClIN3O2/c15-11-6-9(3-4-12(11)16)14(21)18-8-13(20)19-5-1-2-10(19)7-17/h3-4,6,10H,1-2,5,8H2,(H,18,21). The molecule has 2 amide bonds. The van der Waals surface area contributed by atoms with Crippen LogP contribution >= 0.6 is 34.2 Å². The lowest BCUT2D eigenvalue weighted by molar-refractivity contribution is -0.130. The van der Waals surface area contributed by atoms with Crippen molar-refractivity contribution in [3.05, 3.63) is 32.4 Å². The quantitative estimate of drug-likeness (QED) is 0.766. The van der Waals surface area contributed by atoms with E-state index in [2.05, 4.69) is 34.0 Å². The van der Waals surface area contributed by atoms with Gasteiger partial charge in [-0.25, -0.2) is 0 Å². The molecule has 0 bridgehead atoms. The highest BCUT2D eigenvalue weighted by molar-refractivity contribution is 14.1. The molecule has 0 aromatic heterocycles. The second-order valence-corrected chi connectivity index (χ2v) is 6.26. The molecule has 0 spiro atoms. The molecule has 7 heteroatoms. The lowest BCUT2D eigenvalue weighted by Crippen LogP contribution is -2.42. The molecule has 21 heavy (non-hydrogen) atoms. The Morgan fingerprint density at radius 1 is 1.52 bits per heavy atom. The SMILES string of the molecule is N#CC1CCCN1C(=O)CNC(=O)c1ccc(I)c(Cl)c1. The highest BCUT2D eigenvalue weighted by Gasteiger charge is 2.28. The summed E-state index contributed by atoms with van der Waals surface area (Å²) in [5.74, 6) is -0.585. The van der Waals surface area contributed by atoms with Crippen molar-refractivity contribution in [2.24, 2.45) is 0 Å². The van der Waals surface area contributed by atoms with Gasteiger partial charge in [-0.2, -0.15) is 5.26 Å². The molecule has 1 atom stereocenters. The van der Waals surface area contributed by atoms with E-state index < -0.39 is 0 Å². The topological polar surface area (TPSA) is 73.2 Å². The molecule has 1 aromatic carbocycles. The molecule has 0 saturated carbocycles. The molecule has 1 aliphatic rings. The molecule has 5 nitrogen and oxygen atoms in total. The smallest absolute Gasteiger partial charge is 0.251 e. The van der Waals surface area contributed by atoms with Gasteiger partial charge >= 0.3 is 0 Å². The van der Waals surface area contributed by atoms with Crippen LogP contribution in [0.4, 0.5) is 0 Å². The van der Waals surface area contributed by atoms with E-state index in [1.165, 1.54) is 4.90 Å². The number of hydrogen-bond donors (Lipinski definition) is 1. The maximum absolute atomic E-state index is 12.0. The van der Waals surface area contributed by atoms with Gasteiger partial charge in [-0.05, 0) is 53.6 Å². The molecule has 2 rings (SSSR count). The van der Waals surface area contributed by atoms with E-state index in [0.29, 0.717) is 23.6 Å². The van der Waals surface area contributed by atoms with Crippen LogP contribution in [-0.4, -0.2) is 35.8 Å². The van der Waals surface area contributed by atoms with Crippen molar-refractivity contribution in [1.29, 1.82) is 5.26 Å². The van der Waals surface area contributed by atoms with Crippen molar-refractivity contribution in [2.45, 2.75) is 18.9 Å². The maximum Gasteiger partial charge on any atom is 0.251 e. The average molecular weight is 418 g/mol. The Bertz CT molecular complexity index is 615. The summed E-state index contributed by atoms with van der Waals surface area (Å²) in [6.07, 6.45) is 1.52. The second-order valence-electron chi connectivity index (χ2n) is 4.69. The van der Waals surface area contributed by atoms with Crippen LogP contribution in [0.5, 0.6) is 0 Å². The van der Waals surface area contributed by atoms with Crippen LogP contribution in [0.3, 0.4) is 0 Å². The van der Waals surface area contributed by atoms with Gasteiger partial charge in [-0.3, -0.25) is 9.59 Å². The molecule has 0 aliphatic carbocycles. The first-order chi connectivity index (χ1) is 10.0. The Balaban J connectivity index is 1.93. The van der Waals surface area contributed by atoms with Gasteiger partial charge in [0, 0.05) is 15.7 Å². The molecule has 1 fully saturated rings. The summed E-state index contributed by atoms with van der Waals surface area (Å²) in [4.78, 5) is 25.5. The summed E-state index contributed by atoms with van der Waals surface area (Å²) in [6, 6.07) is 6.69. The van der Waals surface area contributed by atoms with Crippen LogP contribution in [0.2, 0.25) is 5.02 Å². The largest absolute Gasteiger partial charge is 0.343 e. The number of rotatable bonds is 3. The van der Waals surface area contributed by atoms with Gasteiger partial charge in [-0.15, -0.1) is 0 Å². The molecule has 1 saturated heterocycles. The molecular weight excluding hydrogens is 405 g/mol. The minimum Gasteiger partial charge on any atom is -0.343 e. The fourth-order valence-electron chi connectivity index (χ4n) is 2.20. The van der Waals surface area contributed by atoms with Gasteiger partial charge in [0.1, 0.15) is 6.04 Å². The third kappa shape index (κ3) is 3.86. The van der Waals surface area contributed by atoms with Crippen LogP contribution < -0.4 is 5.32 Å². The van der Waals surface area contributed by atoms with Gasteiger partial charge in [-0.1, -0.05) is 11.6 Å². The maximum atomic E-state index is 12.0. The first-order valence-corrected chi connectivity index (χ1v) is 7.91. The molecule has 1 aliphatic heterocycles. The third-order valence-corrected chi connectivity index (χ3v) is 4.88. The van der Waals surface area contributed by atoms with Crippen molar-refractivity contribution < 1.29 is 9.59 Å². The highest BCUT2D eigenvalue weighted by atomic mass is 127. The Labute approximate surface area is 141 Å². The van der Waals surface area contributed by atoms with Crippen molar-refractivity contribution >= 4 is 46.0 Å². The number of likely N-dealkylation sites (tertiary alicyclic amines) is 1. The number of nitrogens with zero attached hydrogens (tertiary/aromatic N) is 2. The number of nitrogens with one attached hydrogen (secondary N) is 1. The number of amides is 2. The number of halogens is 2. The van der Waals surface area contributed by atoms with Crippen LogP contribution in [0, 0.1) is 14.9 Å². The van der Waals surface area contributed by atoms with E-state index in [1.807, 2.05) is 0 Å². The predicted molar refractivity (Wildman–Crippen MR) is 86.9 cm³/mol. The van der Waals surface area contributed by atoms with Gasteiger partial charge in [0.25, 0.3) is 5.91 Å². The lowest BCUT2D eigenvalue weighted by atomic mass is 10.2. The van der Waals surface area contributed by atoms with E-state index in [1.54, 1.807) is 18.2 Å². The summed E-state index contributed by atoms with van der Waals surface area (Å²) in [5, 5.41) is 12.0. The molecule has 110 valence electrons. The fourth-order valence-corrected chi connectivity index (χ4v) is 2.71. The number of carbonyl (C=O) groups is 2. The summed E-state index contributed by atoms with van der Waals surface area (Å²) < 4.78 is 0.857. The minimum atomic E-state index is -0.373. The van der Waals surface area contributed by atoms with Gasteiger partial charge in [0.2, 0.25) is 5.91 Å². The number of hydrogen-bond acceptors (Lipinski definition) is 3. The summed E-state index contributed by atoms with van der Waals surface area (Å²) in [5.41, 5.74) is 0.409. The molecular formula is C14H13ClIN3O2. The van der Waals surface area contributed by atoms with Crippen LogP contribution in [-0.2, 0) is 4.79 Å². The van der Waals surface area contributed by atoms with Crippen molar-refractivity contribution in [1.82, 2.24) is 10.2 Å². The monoisotopic (exact) mass is 417 g/mol. The average Bonchev–Trinajstić information content (AvgIpc) is 2.95. The second kappa shape index (κ2) is 7.09. The Hall–Kier alpha value is -1.33. The molecule has 1 heterocycles. The van der Waals surface area contributed by atoms with Crippen LogP contribution in [0.1, 0.15) is 23.2 Å². The van der Waals surface area contributed by atoms with E-state index in [-0.39, 0.29) is 24.4 Å². The first kappa shape index (κ1) is 16.0. The van der Waals surface area contributed by atoms with E-state index in [9.17, 15) is 9.59 Å². The normalized spacial score (nSPS) is 17.4. The zero-order valence-electron chi connectivity index (χ0n) is 11.1.